The number of fused-ring (bicyclic) bond motifs is 1. The highest BCUT2D eigenvalue weighted by Crippen LogP contribution is 2.29. The van der Waals surface area contributed by atoms with Crippen molar-refractivity contribution in [3.63, 3.8) is 0 Å². The molecule has 0 spiro atoms. The van der Waals surface area contributed by atoms with E-state index >= 15 is 0 Å². The summed E-state index contributed by atoms with van der Waals surface area (Å²) in [6.07, 6.45) is -1.90. The van der Waals surface area contributed by atoms with E-state index in [0.717, 1.165) is 4.57 Å². The molecule has 0 bridgehead atoms. The number of carbonyl (C=O) groups is 1. The topological polar surface area (TPSA) is 86.0 Å². The van der Waals surface area contributed by atoms with Crippen LogP contribution in [-0.2, 0) is 24.0 Å². The van der Waals surface area contributed by atoms with Crippen LogP contribution in [0.2, 0.25) is 0 Å². The molecule has 8 nitrogen and oxygen atoms in total. The summed E-state index contributed by atoms with van der Waals surface area (Å²) >= 11 is 0. The van der Waals surface area contributed by atoms with Gasteiger partial charge in [-0.25, -0.2) is 14.8 Å². The third-order valence-electron chi connectivity index (χ3n) is 3.44. The van der Waals surface area contributed by atoms with Crippen LogP contribution in [-0.4, -0.2) is 43.9 Å². The van der Waals surface area contributed by atoms with Crippen molar-refractivity contribution in [2.45, 2.75) is 26.2 Å². The fourth-order valence-corrected chi connectivity index (χ4v) is 2.34. The first-order valence-electron chi connectivity index (χ1n) is 7.13. The molecule has 0 aromatic carbocycles. The highest BCUT2D eigenvalue weighted by molar-refractivity contribution is 5.88. The van der Waals surface area contributed by atoms with Gasteiger partial charge in [-0.15, -0.1) is 10.2 Å². The Hall–Kier alpha value is -2.72. The van der Waals surface area contributed by atoms with Crippen molar-refractivity contribution in [1.29, 1.82) is 0 Å². The van der Waals surface area contributed by atoms with E-state index in [1.54, 1.807) is 11.8 Å². The maximum absolute atomic E-state index is 12.8. The SMILES string of the molecule is CCOC(=O)c1cnc(N2CCn3c(nnc3C(F)(F)F)C2)nc1. The van der Waals surface area contributed by atoms with Gasteiger partial charge in [-0.2, -0.15) is 13.2 Å². The number of anilines is 1. The highest BCUT2D eigenvalue weighted by Gasteiger charge is 2.39. The van der Waals surface area contributed by atoms with Crippen molar-refractivity contribution in [2.24, 2.45) is 0 Å². The number of hydrogen-bond donors (Lipinski definition) is 0. The number of aromatic nitrogens is 5. The number of hydrogen-bond acceptors (Lipinski definition) is 7. The molecule has 0 saturated carbocycles. The first kappa shape index (κ1) is 16.1. The lowest BCUT2D eigenvalue weighted by Gasteiger charge is -2.27. The number of ether oxygens (including phenoxy) is 1. The zero-order chi connectivity index (χ0) is 17.3. The van der Waals surface area contributed by atoms with Crippen molar-refractivity contribution in [3.8, 4) is 0 Å². The zero-order valence-corrected chi connectivity index (χ0v) is 12.6. The third kappa shape index (κ3) is 3.01. The molecule has 11 heteroatoms. The largest absolute Gasteiger partial charge is 0.462 e. The smallest absolute Gasteiger partial charge is 0.451 e. The van der Waals surface area contributed by atoms with Crippen LogP contribution in [0.25, 0.3) is 0 Å². The predicted molar refractivity (Wildman–Crippen MR) is 74.1 cm³/mol. The molecular weight excluding hydrogens is 329 g/mol. The number of halogens is 3. The minimum atomic E-state index is -4.54. The van der Waals surface area contributed by atoms with Crippen LogP contribution >= 0.6 is 0 Å². The maximum atomic E-state index is 12.8. The second-order valence-electron chi connectivity index (χ2n) is 5.00. The van der Waals surface area contributed by atoms with Crippen LogP contribution in [0.4, 0.5) is 19.1 Å². The summed E-state index contributed by atoms with van der Waals surface area (Å²) in [5, 5.41) is 6.80. The van der Waals surface area contributed by atoms with E-state index in [-0.39, 0.29) is 37.6 Å². The molecule has 0 radical (unpaired) electrons. The van der Waals surface area contributed by atoms with Crippen molar-refractivity contribution in [2.75, 3.05) is 18.1 Å². The van der Waals surface area contributed by atoms with Crippen LogP contribution in [0.1, 0.15) is 28.9 Å². The Balaban J connectivity index is 1.76. The molecule has 2 aromatic rings. The van der Waals surface area contributed by atoms with Gasteiger partial charge >= 0.3 is 12.1 Å². The van der Waals surface area contributed by atoms with E-state index in [9.17, 15) is 18.0 Å². The Morgan fingerprint density at radius 1 is 1.25 bits per heavy atom. The molecule has 1 aliphatic rings. The summed E-state index contributed by atoms with van der Waals surface area (Å²) in [5.41, 5.74) is 0.208. The average molecular weight is 342 g/mol. The number of alkyl halides is 3. The Morgan fingerprint density at radius 3 is 2.58 bits per heavy atom. The Morgan fingerprint density at radius 2 is 1.96 bits per heavy atom. The highest BCUT2D eigenvalue weighted by atomic mass is 19.4. The van der Waals surface area contributed by atoms with Crippen LogP contribution in [0.5, 0.6) is 0 Å². The molecule has 0 fully saturated rings. The van der Waals surface area contributed by atoms with E-state index in [1.807, 2.05) is 0 Å². The molecule has 24 heavy (non-hydrogen) atoms. The standard InChI is InChI=1S/C13H13F3N6O2/c1-2-24-10(23)8-5-17-12(18-6-8)21-3-4-22-9(7-21)19-20-11(22)13(14,15)16/h5-6H,2-4,7H2,1H3. The van der Waals surface area contributed by atoms with Crippen LogP contribution in [0.15, 0.2) is 12.4 Å². The molecule has 0 aliphatic carbocycles. The molecule has 3 heterocycles. The molecule has 2 aromatic heterocycles. The molecule has 0 N–H and O–H groups in total. The van der Waals surface area contributed by atoms with E-state index in [1.165, 1.54) is 12.4 Å². The summed E-state index contributed by atoms with van der Waals surface area (Å²) in [7, 11) is 0. The molecule has 0 atom stereocenters. The molecule has 1 aliphatic heterocycles. The maximum Gasteiger partial charge on any atom is 0.451 e. The van der Waals surface area contributed by atoms with Gasteiger partial charge in [-0.05, 0) is 6.92 Å². The Bertz CT molecular complexity index is 743. The minimum absolute atomic E-state index is 0.0696. The van der Waals surface area contributed by atoms with Crippen molar-refractivity contribution in [3.05, 3.63) is 29.6 Å². The number of nitrogens with zero attached hydrogens (tertiary/aromatic N) is 6. The summed E-state index contributed by atoms with van der Waals surface area (Å²) in [4.78, 5) is 21.4. The summed E-state index contributed by atoms with van der Waals surface area (Å²) in [6, 6.07) is 0. The summed E-state index contributed by atoms with van der Waals surface area (Å²) in [5.74, 6) is -1.05. The van der Waals surface area contributed by atoms with Gasteiger partial charge in [0.05, 0.1) is 18.7 Å². The van der Waals surface area contributed by atoms with E-state index < -0.39 is 18.0 Å². The first-order chi connectivity index (χ1) is 11.4. The van der Waals surface area contributed by atoms with E-state index in [0.29, 0.717) is 5.95 Å². The fourth-order valence-electron chi connectivity index (χ4n) is 2.34. The van der Waals surface area contributed by atoms with Gasteiger partial charge in [-0.1, -0.05) is 0 Å². The normalized spacial score (nSPS) is 14.4. The zero-order valence-electron chi connectivity index (χ0n) is 12.6. The average Bonchev–Trinajstić information content (AvgIpc) is 2.98. The van der Waals surface area contributed by atoms with E-state index in [4.69, 9.17) is 4.74 Å². The van der Waals surface area contributed by atoms with Crippen LogP contribution < -0.4 is 4.90 Å². The van der Waals surface area contributed by atoms with Crippen LogP contribution in [0, 0.1) is 0 Å². The lowest BCUT2D eigenvalue weighted by molar-refractivity contribution is -0.147. The van der Waals surface area contributed by atoms with Gasteiger partial charge in [0.25, 0.3) is 0 Å². The third-order valence-corrected chi connectivity index (χ3v) is 3.44. The molecule has 0 amide bonds. The van der Waals surface area contributed by atoms with Crippen LogP contribution in [0.3, 0.4) is 0 Å². The molecule has 0 unspecified atom stereocenters. The molecule has 3 rings (SSSR count). The molecule has 0 saturated heterocycles. The number of esters is 1. The van der Waals surface area contributed by atoms with Gasteiger partial charge in [0.15, 0.2) is 5.82 Å². The van der Waals surface area contributed by atoms with Gasteiger partial charge in [0.2, 0.25) is 11.8 Å². The predicted octanol–water partition coefficient (Wildman–Crippen LogP) is 1.28. The van der Waals surface area contributed by atoms with Gasteiger partial charge in [-0.3, -0.25) is 0 Å². The molecular formula is C13H13F3N6O2. The fraction of sp³-hybridized carbons (Fsp3) is 0.462. The Kier molecular flexibility index (Phi) is 4.08. The Labute approximate surface area is 134 Å². The van der Waals surface area contributed by atoms with Gasteiger partial charge in [0.1, 0.15) is 0 Å². The minimum Gasteiger partial charge on any atom is -0.462 e. The quantitative estimate of drug-likeness (QED) is 0.777. The second-order valence-corrected chi connectivity index (χ2v) is 5.00. The van der Waals surface area contributed by atoms with E-state index in [2.05, 4.69) is 20.2 Å². The summed E-state index contributed by atoms with van der Waals surface area (Å²) < 4.78 is 44.3. The number of carbonyl (C=O) groups excluding carboxylic acids is 1. The van der Waals surface area contributed by atoms with Gasteiger partial charge < -0.3 is 14.2 Å². The van der Waals surface area contributed by atoms with Crippen molar-refractivity contribution < 1.29 is 22.7 Å². The lowest BCUT2D eigenvalue weighted by atomic mass is 10.3. The second kappa shape index (κ2) is 6.06. The monoisotopic (exact) mass is 342 g/mol. The molecule has 128 valence electrons. The number of rotatable bonds is 3. The summed E-state index contributed by atoms with van der Waals surface area (Å²) in [6.45, 7) is 2.37. The van der Waals surface area contributed by atoms with Crippen molar-refractivity contribution in [1.82, 2.24) is 24.7 Å². The lowest BCUT2D eigenvalue weighted by Crippen LogP contribution is -2.36. The first-order valence-corrected chi connectivity index (χ1v) is 7.13. The van der Waals surface area contributed by atoms with Crippen molar-refractivity contribution >= 4 is 11.9 Å². The van der Waals surface area contributed by atoms with Gasteiger partial charge in [0, 0.05) is 25.5 Å².